The molecule has 4 aromatic rings. The van der Waals surface area contributed by atoms with E-state index in [1.165, 1.54) is 118 Å². The number of phenolic OH excluding ortho intramolecular Hbond substituents is 2. The summed E-state index contributed by atoms with van der Waals surface area (Å²) in [5.41, 5.74) is 18.5. The molecule has 0 saturated carbocycles. The quantitative estimate of drug-likeness (QED) is 0.213. The molecule has 0 spiro atoms. The van der Waals surface area contributed by atoms with E-state index in [9.17, 15) is 10.2 Å². The topological polar surface area (TPSA) is 58.9 Å². The molecule has 4 heteroatoms. The van der Waals surface area contributed by atoms with Crippen molar-refractivity contribution in [2.24, 2.45) is 0 Å². The second-order valence-corrected chi connectivity index (χ2v) is 16.6. The highest BCUT2D eigenvalue weighted by atomic mass is 16.7. The molecule has 9 rings (SSSR count). The molecule has 51 heavy (non-hydrogen) atoms. The van der Waals surface area contributed by atoms with Gasteiger partial charge in [-0.05, 0) is 195 Å². The highest BCUT2D eigenvalue weighted by molar-refractivity contribution is 5.83. The molecule has 0 bridgehead atoms. The minimum atomic E-state index is -0.708. The lowest BCUT2D eigenvalue weighted by Gasteiger charge is -2.29. The Hall–Kier alpha value is -3.60. The van der Waals surface area contributed by atoms with Crippen LogP contribution in [0, 0.1) is 0 Å². The van der Waals surface area contributed by atoms with Crippen molar-refractivity contribution in [3.8, 4) is 33.8 Å². The van der Waals surface area contributed by atoms with Gasteiger partial charge in [0.15, 0.2) is 5.79 Å². The largest absolute Gasteiger partial charge is 0.507 e. The monoisotopic (exact) mass is 682 g/mol. The van der Waals surface area contributed by atoms with Gasteiger partial charge in [0.1, 0.15) is 11.5 Å². The van der Waals surface area contributed by atoms with Crippen molar-refractivity contribution >= 4 is 0 Å². The summed E-state index contributed by atoms with van der Waals surface area (Å²) in [6.45, 7) is 4.11. The molecule has 1 aliphatic heterocycles. The van der Waals surface area contributed by atoms with Crippen LogP contribution < -0.4 is 0 Å². The smallest absolute Gasteiger partial charge is 0.163 e. The second-order valence-electron chi connectivity index (χ2n) is 16.6. The molecule has 1 heterocycles. The van der Waals surface area contributed by atoms with Crippen molar-refractivity contribution in [1.82, 2.24) is 0 Å². The molecule has 0 amide bonds. The average molecular weight is 683 g/mol. The van der Waals surface area contributed by atoms with E-state index in [1.54, 1.807) is 0 Å². The van der Waals surface area contributed by atoms with E-state index in [-0.39, 0.29) is 12.2 Å². The van der Waals surface area contributed by atoms with Gasteiger partial charge in [-0.25, -0.2) is 0 Å². The van der Waals surface area contributed by atoms with Crippen LogP contribution in [0.2, 0.25) is 0 Å². The lowest BCUT2D eigenvalue weighted by Crippen LogP contribution is -2.28. The highest BCUT2D eigenvalue weighted by Gasteiger charge is 2.42. The van der Waals surface area contributed by atoms with Gasteiger partial charge < -0.3 is 19.7 Å². The highest BCUT2D eigenvalue weighted by Crippen LogP contribution is 2.47. The maximum atomic E-state index is 11.6. The first-order chi connectivity index (χ1) is 24.8. The van der Waals surface area contributed by atoms with Crippen molar-refractivity contribution in [2.45, 2.75) is 147 Å². The predicted molar refractivity (Wildman–Crippen MR) is 205 cm³/mol. The Morgan fingerprint density at radius 1 is 0.451 bits per heavy atom. The normalized spacial score (nSPS) is 22.2. The summed E-state index contributed by atoms with van der Waals surface area (Å²) in [5.74, 6) is 0.127. The van der Waals surface area contributed by atoms with Gasteiger partial charge in [-0.3, -0.25) is 0 Å². The third kappa shape index (κ3) is 6.11. The van der Waals surface area contributed by atoms with E-state index in [0.717, 1.165) is 75.3 Å². The summed E-state index contributed by atoms with van der Waals surface area (Å²) in [6.07, 6.45) is 19.3. The van der Waals surface area contributed by atoms with Crippen molar-refractivity contribution in [3.63, 3.8) is 0 Å². The molecule has 5 aliphatic rings. The third-order valence-electron chi connectivity index (χ3n) is 12.9. The van der Waals surface area contributed by atoms with Gasteiger partial charge in [0, 0.05) is 24.0 Å². The Labute approximate surface area is 304 Å². The molecule has 0 aromatic heterocycles. The average Bonchev–Trinajstić information content (AvgIpc) is 3.43. The van der Waals surface area contributed by atoms with Crippen LogP contribution >= 0.6 is 0 Å². The first-order valence-electron chi connectivity index (χ1n) is 20.2. The van der Waals surface area contributed by atoms with E-state index in [0.29, 0.717) is 11.5 Å². The number of aryl methyl sites for hydroxylation is 4. The van der Waals surface area contributed by atoms with Crippen molar-refractivity contribution in [1.29, 1.82) is 0 Å². The lowest BCUT2D eigenvalue weighted by atomic mass is 9.77. The number of aromatic hydroxyl groups is 2. The van der Waals surface area contributed by atoms with Gasteiger partial charge in [0.25, 0.3) is 0 Å². The Balaban J connectivity index is 1.14. The number of phenols is 2. The maximum absolute atomic E-state index is 11.6. The number of rotatable bonds is 6. The van der Waals surface area contributed by atoms with Gasteiger partial charge in [-0.1, -0.05) is 36.4 Å². The maximum Gasteiger partial charge on any atom is 0.163 e. The van der Waals surface area contributed by atoms with E-state index in [4.69, 9.17) is 9.47 Å². The van der Waals surface area contributed by atoms with Crippen LogP contribution in [0.15, 0.2) is 48.5 Å². The Kier molecular flexibility index (Phi) is 8.75. The summed E-state index contributed by atoms with van der Waals surface area (Å²) in [6, 6.07) is 17.6. The summed E-state index contributed by atoms with van der Waals surface area (Å²) in [4.78, 5) is 0. The van der Waals surface area contributed by atoms with E-state index in [1.807, 2.05) is 12.1 Å². The summed E-state index contributed by atoms with van der Waals surface area (Å²) in [5, 5.41) is 23.2. The zero-order valence-electron chi connectivity index (χ0n) is 30.7. The molecule has 0 radical (unpaired) electrons. The van der Waals surface area contributed by atoms with Gasteiger partial charge in [0.05, 0.1) is 12.2 Å². The Bertz CT molecular complexity index is 1840. The molecule has 2 N–H and O–H groups in total. The number of fused-ring (bicyclic) bond motifs is 4. The Morgan fingerprint density at radius 3 is 1.14 bits per heavy atom. The molecular formula is C47H54O4. The van der Waals surface area contributed by atoms with Crippen LogP contribution in [0.4, 0.5) is 0 Å². The molecular weight excluding hydrogens is 629 g/mol. The standard InChI is InChI=1S/C47H54O4/c1-47(2)50-41(27-33-21-19-29-11-3-7-15-35(29)43(33)45-37-17-9-5-13-31(37)23-25-39(45)48)42(51-47)28-34-22-20-30-12-4-8-16-36(30)44(34)46-38-18-10-6-14-32(38)24-26-40(46)49/h19-26,41-42,48-49H,3-18,27-28H2,1-2H3/t41-,42-/m0/s1. The van der Waals surface area contributed by atoms with Crippen LogP contribution in [0.25, 0.3) is 22.3 Å². The SMILES string of the molecule is CC1(C)O[C@@H](Cc2ccc3c(c2-c2c(O)ccc4c2CCCC4)CCCC3)[C@H](Cc2ccc3c(c2-c2c(O)ccc4c2CCCC4)CCCC3)O1. The number of hydrogen-bond acceptors (Lipinski definition) is 4. The van der Waals surface area contributed by atoms with Gasteiger partial charge >= 0.3 is 0 Å². The number of hydrogen-bond donors (Lipinski definition) is 2. The van der Waals surface area contributed by atoms with Crippen molar-refractivity contribution < 1.29 is 19.7 Å². The zero-order valence-corrected chi connectivity index (χ0v) is 30.7. The van der Waals surface area contributed by atoms with Crippen LogP contribution in [0.3, 0.4) is 0 Å². The first-order valence-corrected chi connectivity index (χ1v) is 20.2. The van der Waals surface area contributed by atoms with Gasteiger partial charge in [0.2, 0.25) is 0 Å². The van der Waals surface area contributed by atoms with Gasteiger partial charge in [-0.2, -0.15) is 0 Å². The minimum Gasteiger partial charge on any atom is -0.507 e. The fraction of sp³-hybridized carbons (Fsp3) is 0.489. The first kappa shape index (κ1) is 33.3. The summed E-state index contributed by atoms with van der Waals surface area (Å²) >= 11 is 0. The lowest BCUT2D eigenvalue weighted by molar-refractivity contribution is -0.146. The van der Waals surface area contributed by atoms with Crippen LogP contribution in [-0.4, -0.2) is 28.2 Å². The summed E-state index contributed by atoms with van der Waals surface area (Å²) in [7, 11) is 0. The molecule has 4 aliphatic carbocycles. The minimum absolute atomic E-state index is 0.149. The van der Waals surface area contributed by atoms with Gasteiger partial charge in [-0.15, -0.1) is 0 Å². The van der Waals surface area contributed by atoms with E-state index in [2.05, 4.69) is 50.2 Å². The molecule has 0 unspecified atom stereocenters. The molecule has 266 valence electrons. The van der Waals surface area contributed by atoms with E-state index < -0.39 is 5.79 Å². The van der Waals surface area contributed by atoms with Crippen LogP contribution in [0.5, 0.6) is 11.5 Å². The van der Waals surface area contributed by atoms with Crippen LogP contribution in [0.1, 0.15) is 121 Å². The Morgan fingerprint density at radius 2 is 0.765 bits per heavy atom. The number of benzene rings is 4. The third-order valence-corrected chi connectivity index (χ3v) is 12.9. The molecule has 1 fully saturated rings. The second kappa shape index (κ2) is 13.4. The molecule has 2 atom stereocenters. The number of ether oxygens (including phenoxy) is 2. The molecule has 4 nitrogen and oxygen atoms in total. The fourth-order valence-electron chi connectivity index (χ4n) is 10.6. The van der Waals surface area contributed by atoms with Crippen molar-refractivity contribution in [2.75, 3.05) is 0 Å². The molecule has 4 aromatic carbocycles. The van der Waals surface area contributed by atoms with E-state index >= 15 is 0 Å². The fourth-order valence-corrected chi connectivity index (χ4v) is 10.6. The summed E-state index contributed by atoms with van der Waals surface area (Å²) < 4.78 is 13.7. The molecule has 1 saturated heterocycles. The zero-order chi connectivity index (χ0) is 34.7. The predicted octanol–water partition coefficient (Wildman–Crippen LogP) is 10.3. The van der Waals surface area contributed by atoms with Crippen molar-refractivity contribution in [3.05, 3.63) is 104 Å². The van der Waals surface area contributed by atoms with Crippen LogP contribution in [-0.2, 0) is 73.7 Å².